The van der Waals surface area contributed by atoms with Crippen molar-refractivity contribution in [2.45, 2.75) is 31.8 Å². The third-order valence-corrected chi connectivity index (χ3v) is 5.14. The van der Waals surface area contributed by atoms with Gasteiger partial charge in [-0.15, -0.1) is 0 Å². The van der Waals surface area contributed by atoms with Gasteiger partial charge in [0.25, 0.3) is 0 Å². The summed E-state index contributed by atoms with van der Waals surface area (Å²) >= 11 is 1.99. The molecule has 2 atom stereocenters. The van der Waals surface area contributed by atoms with E-state index in [0.29, 0.717) is 21.3 Å². The van der Waals surface area contributed by atoms with Crippen molar-refractivity contribution in [2.24, 2.45) is 0 Å². The van der Waals surface area contributed by atoms with Crippen molar-refractivity contribution in [3.8, 4) is 0 Å². The van der Waals surface area contributed by atoms with Crippen LogP contribution in [0.1, 0.15) is 19.8 Å². The summed E-state index contributed by atoms with van der Waals surface area (Å²) in [4.78, 5) is 4.83. The summed E-state index contributed by atoms with van der Waals surface area (Å²) in [5.74, 6) is -0.175. The smallest absolute Gasteiger partial charge is 0.138 e. The lowest BCUT2D eigenvalue weighted by Gasteiger charge is -2.44. The molecule has 1 aromatic carbocycles. The number of halogens is 2. The van der Waals surface area contributed by atoms with Crippen LogP contribution in [0.15, 0.2) is 12.1 Å². The van der Waals surface area contributed by atoms with Gasteiger partial charge >= 0.3 is 0 Å². The standard InChI is InChI=1S/C14H19FIN3/c1-9-7-18-4-2-3-10(18)8-19(9)14-5-11(15)12(16)6-13(14)17/h5-6,9-10H,2-4,7-8,17H2,1H3. The fourth-order valence-electron chi connectivity index (χ4n) is 3.32. The van der Waals surface area contributed by atoms with Gasteiger partial charge in [0.2, 0.25) is 0 Å². The minimum Gasteiger partial charge on any atom is -0.397 e. The van der Waals surface area contributed by atoms with Crippen LogP contribution in [0.4, 0.5) is 15.8 Å². The van der Waals surface area contributed by atoms with E-state index in [2.05, 4.69) is 16.7 Å². The Balaban J connectivity index is 1.91. The molecule has 0 radical (unpaired) electrons. The van der Waals surface area contributed by atoms with Crippen molar-refractivity contribution >= 4 is 34.0 Å². The zero-order valence-corrected chi connectivity index (χ0v) is 13.2. The molecule has 3 nitrogen and oxygen atoms in total. The van der Waals surface area contributed by atoms with Gasteiger partial charge in [-0.05, 0) is 55.0 Å². The first kappa shape index (κ1) is 13.4. The Morgan fingerprint density at radius 3 is 2.95 bits per heavy atom. The largest absolute Gasteiger partial charge is 0.397 e. The third-order valence-electron chi connectivity index (χ3n) is 4.32. The number of hydrogen-bond donors (Lipinski definition) is 1. The Kier molecular flexibility index (Phi) is 3.59. The van der Waals surface area contributed by atoms with E-state index < -0.39 is 0 Å². The molecule has 2 unspecified atom stereocenters. The van der Waals surface area contributed by atoms with Crippen LogP contribution < -0.4 is 10.6 Å². The van der Waals surface area contributed by atoms with E-state index in [4.69, 9.17) is 5.73 Å². The molecule has 2 N–H and O–H groups in total. The summed E-state index contributed by atoms with van der Waals surface area (Å²) in [7, 11) is 0. The summed E-state index contributed by atoms with van der Waals surface area (Å²) in [6.07, 6.45) is 2.53. The Labute approximate surface area is 127 Å². The zero-order valence-electron chi connectivity index (χ0n) is 11.1. The molecule has 2 fully saturated rings. The number of rotatable bonds is 1. The molecule has 2 heterocycles. The van der Waals surface area contributed by atoms with Gasteiger partial charge in [0.05, 0.1) is 14.9 Å². The van der Waals surface area contributed by atoms with E-state index in [1.807, 2.05) is 22.6 Å². The molecule has 2 aliphatic rings. The van der Waals surface area contributed by atoms with Crippen LogP contribution in [-0.4, -0.2) is 36.6 Å². The van der Waals surface area contributed by atoms with Crippen molar-refractivity contribution in [1.29, 1.82) is 0 Å². The molecule has 0 aromatic heterocycles. The van der Waals surface area contributed by atoms with Crippen molar-refractivity contribution in [3.05, 3.63) is 21.5 Å². The van der Waals surface area contributed by atoms with Crippen LogP contribution in [0.25, 0.3) is 0 Å². The average molecular weight is 375 g/mol. The summed E-state index contributed by atoms with van der Waals surface area (Å²) in [5, 5.41) is 0. The van der Waals surface area contributed by atoms with Crippen LogP contribution in [0.5, 0.6) is 0 Å². The van der Waals surface area contributed by atoms with E-state index in [-0.39, 0.29) is 5.82 Å². The first-order chi connectivity index (χ1) is 9.06. The predicted octanol–water partition coefficient (Wildman–Crippen LogP) is 2.69. The first-order valence-corrected chi connectivity index (χ1v) is 7.89. The highest BCUT2D eigenvalue weighted by Crippen LogP contribution is 2.33. The summed E-state index contributed by atoms with van der Waals surface area (Å²) < 4.78 is 14.4. The highest BCUT2D eigenvalue weighted by atomic mass is 127. The second kappa shape index (κ2) is 5.09. The molecule has 1 aromatic rings. The molecule has 3 rings (SSSR count). The summed E-state index contributed by atoms with van der Waals surface area (Å²) in [6.45, 7) is 5.42. The topological polar surface area (TPSA) is 32.5 Å². The molecule has 0 amide bonds. The fraction of sp³-hybridized carbons (Fsp3) is 0.571. The van der Waals surface area contributed by atoms with Gasteiger partial charge in [-0.1, -0.05) is 0 Å². The summed E-state index contributed by atoms with van der Waals surface area (Å²) in [6, 6.07) is 4.33. The van der Waals surface area contributed by atoms with Gasteiger partial charge in [-0.2, -0.15) is 0 Å². The number of benzene rings is 1. The van der Waals surface area contributed by atoms with Crippen LogP contribution in [0, 0.1) is 9.39 Å². The Morgan fingerprint density at radius 2 is 2.16 bits per heavy atom. The number of nitrogens with two attached hydrogens (primary N) is 1. The molecule has 2 saturated heterocycles. The monoisotopic (exact) mass is 375 g/mol. The van der Waals surface area contributed by atoms with Crippen molar-refractivity contribution in [2.75, 3.05) is 30.3 Å². The lowest BCUT2D eigenvalue weighted by molar-refractivity contribution is 0.203. The maximum Gasteiger partial charge on any atom is 0.138 e. The van der Waals surface area contributed by atoms with Crippen LogP contribution >= 0.6 is 22.6 Å². The van der Waals surface area contributed by atoms with Gasteiger partial charge < -0.3 is 10.6 Å². The molecule has 0 spiro atoms. The van der Waals surface area contributed by atoms with Gasteiger partial charge in [0.15, 0.2) is 0 Å². The maximum atomic E-state index is 13.8. The minimum absolute atomic E-state index is 0.175. The Hall–Kier alpha value is -0.560. The van der Waals surface area contributed by atoms with Crippen molar-refractivity contribution in [3.63, 3.8) is 0 Å². The molecule has 0 aliphatic carbocycles. The molecule has 0 bridgehead atoms. The minimum atomic E-state index is -0.175. The average Bonchev–Trinajstić information content (AvgIpc) is 2.80. The van der Waals surface area contributed by atoms with Crippen molar-refractivity contribution in [1.82, 2.24) is 4.90 Å². The molecular weight excluding hydrogens is 356 g/mol. The zero-order chi connectivity index (χ0) is 13.6. The van der Waals surface area contributed by atoms with E-state index in [0.717, 1.165) is 18.8 Å². The first-order valence-electron chi connectivity index (χ1n) is 6.81. The predicted molar refractivity (Wildman–Crippen MR) is 84.9 cm³/mol. The SMILES string of the molecule is CC1CN2CCCC2CN1c1cc(F)c(I)cc1N. The highest BCUT2D eigenvalue weighted by Gasteiger charge is 2.35. The molecule has 2 aliphatic heterocycles. The molecule has 0 saturated carbocycles. The molecular formula is C14H19FIN3. The van der Waals surface area contributed by atoms with Crippen molar-refractivity contribution < 1.29 is 4.39 Å². The van der Waals surface area contributed by atoms with E-state index in [9.17, 15) is 4.39 Å². The highest BCUT2D eigenvalue weighted by molar-refractivity contribution is 14.1. The second-order valence-electron chi connectivity index (χ2n) is 5.62. The lowest BCUT2D eigenvalue weighted by atomic mass is 10.1. The molecule has 5 heteroatoms. The number of piperazine rings is 1. The van der Waals surface area contributed by atoms with E-state index in [1.54, 1.807) is 12.1 Å². The number of nitrogens with zero attached hydrogens (tertiary/aromatic N) is 2. The van der Waals surface area contributed by atoms with Crippen LogP contribution in [0.3, 0.4) is 0 Å². The van der Waals surface area contributed by atoms with Crippen LogP contribution in [-0.2, 0) is 0 Å². The number of hydrogen-bond acceptors (Lipinski definition) is 3. The van der Waals surface area contributed by atoms with Gasteiger partial charge in [0.1, 0.15) is 5.82 Å². The van der Waals surface area contributed by atoms with E-state index in [1.165, 1.54) is 19.4 Å². The normalized spacial score (nSPS) is 27.6. The Morgan fingerprint density at radius 1 is 1.37 bits per heavy atom. The Bertz CT molecular complexity index is 494. The number of nitrogen functional groups attached to an aromatic ring is 1. The summed E-state index contributed by atoms with van der Waals surface area (Å²) in [5.41, 5.74) is 7.64. The van der Waals surface area contributed by atoms with Gasteiger partial charge in [-0.3, -0.25) is 4.90 Å². The third kappa shape index (κ3) is 2.42. The number of anilines is 2. The van der Waals surface area contributed by atoms with Crippen LogP contribution in [0.2, 0.25) is 0 Å². The molecule has 104 valence electrons. The van der Waals surface area contributed by atoms with Gasteiger partial charge in [-0.25, -0.2) is 4.39 Å². The quantitative estimate of drug-likeness (QED) is 0.605. The van der Waals surface area contributed by atoms with E-state index >= 15 is 0 Å². The lowest BCUT2D eigenvalue weighted by Crippen LogP contribution is -2.55. The maximum absolute atomic E-state index is 13.8. The number of fused-ring (bicyclic) bond motifs is 1. The second-order valence-corrected chi connectivity index (χ2v) is 6.78. The molecule has 19 heavy (non-hydrogen) atoms. The van der Waals surface area contributed by atoms with Gasteiger partial charge in [0, 0.05) is 31.2 Å². The fourth-order valence-corrected chi connectivity index (χ4v) is 3.81.